The molecule has 0 atom stereocenters. The Morgan fingerprint density at radius 2 is 1.82 bits per heavy atom. The largest absolute Gasteiger partial charge is 0.375 e. The highest BCUT2D eigenvalue weighted by Gasteiger charge is 2.23. The van der Waals surface area contributed by atoms with Crippen molar-refractivity contribution in [3.05, 3.63) is 0 Å². The SMILES string of the molecule is CC(=O)CCC(=O)N1CCC(OC(C)C)CC1. The highest BCUT2D eigenvalue weighted by molar-refractivity contribution is 5.83. The molecule has 0 aromatic carbocycles. The van der Waals surface area contributed by atoms with Crippen molar-refractivity contribution < 1.29 is 14.3 Å². The normalized spacial score (nSPS) is 17.5. The van der Waals surface area contributed by atoms with E-state index in [-0.39, 0.29) is 23.9 Å². The van der Waals surface area contributed by atoms with Crippen molar-refractivity contribution in [2.24, 2.45) is 0 Å². The van der Waals surface area contributed by atoms with Gasteiger partial charge in [0.2, 0.25) is 5.91 Å². The number of Topliss-reactive ketones (excluding diaryl/α,β-unsaturated/α-hetero) is 1. The van der Waals surface area contributed by atoms with Crippen LogP contribution in [0.25, 0.3) is 0 Å². The van der Waals surface area contributed by atoms with Gasteiger partial charge < -0.3 is 14.4 Å². The van der Waals surface area contributed by atoms with E-state index in [1.165, 1.54) is 6.92 Å². The predicted octanol–water partition coefficient (Wildman–Crippen LogP) is 1.77. The van der Waals surface area contributed by atoms with Crippen molar-refractivity contribution in [2.45, 2.75) is 58.7 Å². The van der Waals surface area contributed by atoms with Gasteiger partial charge >= 0.3 is 0 Å². The summed E-state index contributed by atoms with van der Waals surface area (Å²) >= 11 is 0. The number of ether oxygens (including phenoxy) is 1. The highest BCUT2D eigenvalue weighted by Crippen LogP contribution is 2.16. The fourth-order valence-corrected chi connectivity index (χ4v) is 2.07. The molecule has 1 aliphatic heterocycles. The molecule has 4 heteroatoms. The zero-order valence-corrected chi connectivity index (χ0v) is 11.1. The molecule has 0 radical (unpaired) electrons. The summed E-state index contributed by atoms with van der Waals surface area (Å²) in [5.41, 5.74) is 0. The van der Waals surface area contributed by atoms with Crippen LogP contribution >= 0.6 is 0 Å². The lowest BCUT2D eigenvalue weighted by atomic mass is 10.1. The number of likely N-dealkylation sites (tertiary alicyclic amines) is 1. The lowest BCUT2D eigenvalue weighted by Crippen LogP contribution is -2.41. The van der Waals surface area contributed by atoms with Crippen molar-refractivity contribution in [3.63, 3.8) is 0 Å². The zero-order valence-electron chi connectivity index (χ0n) is 11.1. The molecule has 0 aromatic heterocycles. The maximum Gasteiger partial charge on any atom is 0.223 e. The summed E-state index contributed by atoms with van der Waals surface area (Å²) in [4.78, 5) is 24.4. The van der Waals surface area contributed by atoms with E-state index in [4.69, 9.17) is 4.74 Å². The standard InChI is InChI=1S/C13H23NO3/c1-10(2)17-12-6-8-14(9-7-12)13(16)5-4-11(3)15/h10,12H,4-9H2,1-3H3. The topological polar surface area (TPSA) is 46.6 Å². The number of ketones is 1. The molecule has 0 N–H and O–H groups in total. The monoisotopic (exact) mass is 241 g/mol. The lowest BCUT2D eigenvalue weighted by molar-refractivity contribution is -0.135. The van der Waals surface area contributed by atoms with Crippen LogP contribution in [0.4, 0.5) is 0 Å². The van der Waals surface area contributed by atoms with Crippen molar-refractivity contribution in [1.82, 2.24) is 4.90 Å². The summed E-state index contributed by atoms with van der Waals surface area (Å²) in [6.07, 6.45) is 3.06. The van der Waals surface area contributed by atoms with Gasteiger partial charge in [0.25, 0.3) is 0 Å². The molecule has 0 unspecified atom stereocenters. The van der Waals surface area contributed by atoms with Crippen molar-refractivity contribution >= 4 is 11.7 Å². The fraction of sp³-hybridized carbons (Fsp3) is 0.846. The molecule has 1 amide bonds. The molecule has 0 aliphatic carbocycles. The van der Waals surface area contributed by atoms with Crippen LogP contribution in [0.1, 0.15) is 46.5 Å². The summed E-state index contributed by atoms with van der Waals surface area (Å²) in [6, 6.07) is 0. The molecule has 17 heavy (non-hydrogen) atoms. The Morgan fingerprint density at radius 1 is 1.24 bits per heavy atom. The second kappa shape index (κ2) is 6.74. The van der Waals surface area contributed by atoms with Gasteiger partial charge in [0.05, 0.1) is 12.2 Å². The quantitative estimate of drug-likeness (QED) is 0.737. The van der Waals surface area contributed by atoms with E-state index < -0.39 is 0 Å². The molecule has 4 nitrogen and oxygen atoms in total. The first-order valence-corrected chi connectivity index (χ1v) is 6.41. The molecule has 0 bridgehead atoms. The summed E-state index contributed by atoms with van der Waals surface area (Å²) in [6.45, 7) is 7.10. The zero-order chi connectivity index (χ0) is 12.8. The average molecular weight is 241 g/mol. The molecule has 0 aromatic rings. The summed E-state index contributed by atoms with van der Waals surface area (Å²) in [5.74, 6) is 0.180. The maximum atomic E-state index is 11.8. The van der Waals surface area contributed by atoms with Crippen LogP contribution in [0, 0.1) is 0 Å². The smallest absolute Gasteiger partial charge is 0.223 e. The van der Waals surface area contributed by atoms with E-state index >= 15 is 0 Å². The van der Waals surface area contributed by atoms with Gasteiger partial charge in [-0.2, -0.15) is 0 Å². The molecule has 1 saturated heterocycles. The predicted molar refractivity (Wildman–Crippen MR) is 65.7 cm³/mol. The van der Waals surface area contributed by atoms with Crippen molar-refractivity contribution in [1.29, 1.82) is 0 Å². The number of rotatable bonds is 5. The molecule has 1 aliphatic rings. The van der Waals surface area contributed by atoms with Crippen molar-refractivity contribution in [2.75, 3.05) is 13.1 Å². The van der Waals surface area contributed by atoms with E-state index in [9.17, 15) is 9.59 Å². The molecule has 1 heterocycles. The summed E-state index contributed by atoms with van der Waals surface area (Å²) in [7, 11) is 0. The van der Waals surface area contributed by atoms with Gasteiger partial charge in [-0.05, 0) is 33.6 Å². The Balaban J connectivity index is 2.26. The van der Waals surface area contributed by atoms with Gasteiger partial charge in [-0.25, -0.2) is 0 Å². The lowest BCUT2D eigenvalue weighted by Gasteiger charge is -2.32. The van der Waals surface area contributed by atoms with E-state index in [1.54, 1.807) is 0 Å². The third-order valence-corrected chi connectivity index (χ3v) is 2.95. The number of piperidine rings is 1. The van der Waals surface area contributed by atoms with Crippen LogP contribution in [0.5, 0.6) is 0 Å². The Labute approximate surface area is 103 Å². The Kier molecular flexibility index (Phi) is 5.62. The van der Waals surface area contributed by atoms with Gasteiger partial charge in [0.15, 0.2) is 0 Å². The third kappa shape index (κ3) is 5.31. The number of carbonyl (C=O) groups is 2. The minimum absolute atomic E-state index is 0.0800. The van der Waals surface area contributed by atoms with Gasteiger partial charge in [-0.3, -0.25) is 4.79 Å². The van der Waals surface area contributed by atoms with Crippen LogP contribution in [0.3, 0.4) is 0 Å². The molecule has 0 spiro atoms. The number of hydrogen-bond donors (Lipinski definition) is 0. The first kappa shape index (κ1) is 14.2. The Bertz CT molecular complexity index is 268. The van der Waals surface area contributed by atoms with Crippen LogP contribution in [-0.2, 0) is 14.3 Å². The van der Waals surface area contributed by atoms with Gasteiger partial charge in [-0.15, -0.1) is 0 Å². The Hall–Kier alpha value is -0.900. The van der Waals surface area contributed by atoms with Crippen LogP contribution in [0.15, 0.2) is 0 Å². The molecular weight excluding hydrogens is 218 g/mol. The summed E-state index contributed by atoms with van der Waals surface area (Å²) < 4.78 is 5.73. The molecule has 98 valence electrons. The molecule has 1 rings (SSSR count). The van der Waals surface area contributed by atoms with Crippen molar-refractivity contribution in [3.8, 4) is 0 Å². The summed E-state index contributed by atoms with van der Waals surface area (Å²) in [5, 5.41) is 0. The van der Waals surface area contributed by atoms with Crippen LogP contribution in [0.2, 0.25) is 0 Å². The fourth-order valence-electron chi connectivity index (χ4n) is 2.07. The molecular formula is C13H23NO3. The first-order valence-electron chi connectivity index (χ1n) is 6.41. The van der Waals surface area contributed by atoms with E-state index in [1.807, 2.05) is 18.7 Å². The first-order chi connectivity index (χ1) is 7.99. The minimum atomic E-state index is 0.0800. The van der Waals surface area contributed by atoms with Gasteiger partial charge in [0.1, 0.15) is 5.78 Å². The molecule has 1 fully saturated rings. The number of carbonyl (C=O) groups excluding carboxylic acids is 2. The highest BCUT2D eigenvalue weighted by atomic mass is 16.5. The Morgan fingerprint density at radius 3 is 2.29 bits per heavy atom. The number of nitrogens with zero attached hydrogens (tertiary/aromatic N) is 1. The maximum absolute atomic E-state index is 11.8. The average Bonchev–Trinajstić information content (AvgIpc) is 2.26. The minimum Gasteiger partial charge on any atom is -0.375 e. The number of hydrogen-bond acceptors (Lipinski definition) is 3. The van der Waals surface area contributed by atoms with Crippen LogP contribution in [-0.4, -0.2) is 41.9 Å². The van der Waals surface area contributed by atoms with Gasteiger partial charge in [0, 0.05) is 25.9 Å². The van der Waals surface area contributed by atoms with E-state index in [0.717, 1.165) is 25.9 Å². The van der Waals surface area contributed by atoms with E-state index in [0.29, 0.717) is 12.8 Å². The van der Waals surface area contributed by atoms with Crippen LogP contribution < -0.4 is 0 Å². The molecule has 0 saturated carbocycles. The van der Waals surface area contributed by atoms with E-state index in [2.05, 4.69) is 0 Å². The second-order valence-electron chi connectivity index (χ2n) is 4.97. The second-order valence-corrected chi connectivity index (χ2v) is 4.97. The third-order valence-electron chi connectivity index (χ3n) is 2.95. The number of amides is 1. The van der Waals surface area contributed by atoms with Gasteiger partial charge in [-0.1, -0.05) is 0 Å².